The van der Waals surface area contributed by atoms with Gasteiger partial charge in [-0.1, -0.05) is 62.5 Å². The van der Waals surface area contributed by atoms with Crippen molar-refractivity contribution < 1.29 is 4.79 Å². The summed E-state index contributed by atoms with van der Waals surface area (Å²) < 4.78 is 1.11. The minimum absolute atomic E-state index is 0.0756. The predicted molar refractivity (Wildman–Crippen MR) is 145 cm³/mol. The van der Waals surface area contributed by atoms with Crippen LogP contribution in [0.2, 0.25) is 0 Å². The van der Waals surface area contributed by atoms with E-state index in [4.69, 9.17) is 4.98 Å². The molecule has 2 aromatic heterocycles. The highest BCUT2D eigenvalue weighted by atomic mass is 32.1. The molecule has 0 bridgehead atoms. The van der Waals surface area contributed by atoms with Crippen LogP contribution < -0.4 is 5.32 Å². The van der Waals surface area contributed by atoms with E-state index < -0.39 is 0 Å². The normalized spacial score (nSPS) is 11.5. The summed E-state index contributed by atoms with van der Waals surface area (Å²) >= 11 is 3.19. The maximum atomic E-state index is 11.2. The van der Waals surface area contributed by atoms with Crippen LogP contribution in [0.5, 0.6) is 0 Å². The van der Waals surface area contributed by atoms with E-state index in [9.17, 15) is 4.79 Å². The first-order valence-electron chi connectivity index (χ1n) is 11.9. The monoisotopic (exact) mass is 490 g/mol. The topological polar surface area (TPSA) is 66.7 Å². The number of nitrogens with one attached hydrogen (secondary N) is 1. The SMILES string of the molecule is CCCCCCCCc1ccc(N=Nc2cc3sc(-c4ccc(NC(C)=O)cc4)nc3s2)cc1. The van der Waals surface area contributed by atoms with Gasteiger partial charge in [0.25, 0.3) is 0 Å². The van der Waals surface area contributed by atoms with Crippen LogP contribution in [0.4, 0.5) is 16.4 Å². The van der Waals surface area contributed by atoms with Crippen LogP contribution in [-0.4, -0.2) is 10.9 Å². The van der Waals surface area contributed by atoms with Crippen molar-refractivity contribution in [3.63, 3.8) is 0 Å². The molecule has 0 aliphatic heterocycles. The Morgan fingerprint density at radius 2 is 1.65 bits per heavy atom. The van der Waals surface area contributed by atoms with Gasteiger partial charge in [-0.3, -0.25) is 4.79 Å². The molecule has 0 aliphatic carbocycles. The van der Waals surface area contributed by atoms with E-state index in [1.54, 1.807) is 22.7 Å². The summed E-state index contributed by atoms with van der Waals surface area (Å²) in [4.78, 5) is 16.9. The second-order valence-corrected chi connectivity index (χ2v) is 10.5. The summed E-state index contributed by atoms with van der Waals surface area (Å²) in [6.45, 7) is 3.76. The number of hydrogen-bond donors (Lipinski definition) is 1. The number of fused-ring (bicyclic) bond motifs is 1. The fraction of sp³-hybridized carbons (Fsp3) is 0.333. The molecule has 0 unspecified atom stereocenters. The Kier molecular flexibility index (Phi) is 8.55. The lowest BCUT2D eigenvalue weighted by atomic mass is 10.0. The summed E-state index contributed by atoms with van der Waals surface area (Å²) in [6, 6.07) is 18.2. The van der Waals surface area contributed by atoms with Crippen LogP contribution in [0.25, 0.3) is 20.1 Å². The van der Waals surface area contributed by atoms with Crippen LogP contribution in [-0.2, 0) is 11.2 Å². The van der Waals surface area contributed by atoms with E-state index in [2.05, 4.69) is 34.6 Å². The molecule has 4 aromatic rings. The molecule has 0 saturated heterocycles. The minimum atomic E-state index is -0.0756. The maximum Gasteiger partial charge on any atom is 0.221 e. The van der Waals surface area contributed by atoms with Crippen LogP contribution in [0, 0.1) is 0 Å². The Labute approximate surface area is 209 Å². The maximum absolute atomic E-state index is 11.2. The lowest BCUT2D eigenvalue weighted by Gasteiger charge is -2.02. The molecule has 1 amide bonds. The first-order valence-corrected chi connectivity index (χ1v) is 13.5. The summed E-state index contributed by atoms with van der Waals surface area (Å²) in [5.41, 5.74) is 4.06. The standard InChI is InChI=1S/C27H30N4OS2/c1-3-4-5-6-7-8-9-20-10-14-23(15-11-20)30-31-25-18-24-27(34-25)29-26(33-24)21-12-16-22(17-13-21)28-19(2)32/h10-18H,3-9H2,1-2H3,(H,28,32). The van der Waals surface area contributed by atoms with E-state index in [1.165, 1.54) is 51.0 Å². The van der Waals surface area contributed by atoms with Gasteiger partial charge in [0.2, 0.25) is 5.91 Å². The third-order valence-corrected chi connectivity index (χ3v) is 7.64. The van der Waals surface area contributed by atoms with Gasteiger partial charge in [0.05, 0.1) is 10.4 Å². The largest absolute Gasteiger partial charge is 0.326 e. The second-order valence-electron chi connectivity index (χ2n) is 8.42. The van der Waals surface area contributed by atoms with E-state index >= 15 is 0 Å². The zero-order chi connectivity index (χ0) is 23.8. The lowest BCUT2D eigenvalue weighted by molar-refractivity contribution is -0.114. The third kappa shape index (κ3) is 6.81. The van der Waals surface area contributed by atoms with Gasteiger partial charge in [0, 0.05) is 18.2 Å². The van der Waals surface area contributed by atoms with Crippen molar-refractivity contribution >= 4 is 54.5 Å². The number of aryl methyl sites for hydroxylation is 1. The molecule has 0 fully saturated rings. The Hall–Kier alpha value is -2.90. The molecule has 34 heavy (non-hydrogen) atoms. The summed E-state index contributed by atoms with van der Waals surface area (Å²) in [6.07, 6.45) is 9.07. The lowest BCUT2D eigenvalue weighted by Crippen LogP contribution is -2.05. The summed E-state index contributed by atoms with van der Waals surface area (Å²) in [7, 11) is 0. The molecule has 0 radical (unpaired) electrons. The Balaban J connectivity index is 1.32. The fourth-order valence-corrected chi connectivity index (χ4v) is 5.78. The van der Waals surface area contributed by atoms with Gasteiger partial charge >= 0.3 is 0 Å². The summed E-state index contributed by atoms with van der Waals surface area (Å²) in [5, 5.41) is 13.4. The van der Waals surface area contributed by atoms with Crippen molar-refractivity contribution in [2.45, 2.75) is 58.8 Å². The molecule has 0 saturated carbocycles. The van der Waals surface area contributed by atoms with Crippen molar-refractivity contribution in [2.24, 2.45) is 10.2 Å². The number of carbonyl (C=O) groups is 1. The van der Waals surface area contributed by atoms with Crippen LogP contribution in [0.1, 0.15) is 57.9 Å². The van der Waals surface area contributed by atoms with Crippen LogP contribution in [0.15, 0.2) is 64.8 Å². The van der Waals surface area contributed by atoms with Crippen molar-refractivity contribution in [1.82, 2.24) is 4.98 Å². The number of thiophene rings is 1. The Bertz CT molecular complexity index is 1210. The van der Waals surface area contributed by atoms with Gasteiger partial charge in [-0.05, 0) is 60.9 Å². The summed E-state index contributed by atoms with van der Waals surface area (Å²) in [5.74, 6) is -0.0756. The molecule has 2 heterocycles. The highest BCUT2D eigenvalue weighted by Crippen LogP contribution is 2.39. The number of azo groups is 1. The molecule has 0 aliphatic rings. The molecule has 2 aromatic carbocycles. The van der Waals surface area contributed by atoms with Crippen molar-refractivity contribution in [3.8, 4) is 10.6 Å². The molecular formula is C27H30N4OS2. The average Bonchev–Trinajstić information content (AvgIpc) is 3.40. The zero-order valence-electron chi connectivity index (χ0n) is 19.7. The highest BCUT2D eigenvalue weighted by molar-refractivity contribution is 7.30. The van der Waals surface area contributed by atoms with Gasteiger partial charge in [-0.25, -0.2) is 4.98 Å². The molecule has 1 N–H and O–H groups in total. The number of unbranched alkanes of at least 4 members (excludes halogenated alkanes) is 5. The number of thiazole rings is 1. The highest BCUT2D eigenvalue weighted by Gasteiger charge is 2.10. The van der Waals surface area contributed by atoms with Crippen molar-refractivity contribution in [2.75, 3.05) is 5.32 Å². The number of nitrogens with zero attached hydrogens (tertiary/aromatic N) is 3. The van der Waals surface area contributed by atoms with Crippen molar-refractivity contribution in [1.29, 1.82) is 0 Å². The van der Waals surface area contributed by atoms with E-state index in [0.29, 0.717) is 0 Å². The quantitative estimate of drug-likeness (QED) is 0.168. The fourth-order valence-electron chi connectivity index (χ4n) is 3.74. The Morgan fingerprint density at radius 3 is 2.35 bits per heavy atom. The van der Waals surface area contributed by atoms with Gasteiger partial charge in [-0.2, -0.15) is 0 Å². The van der Waals surface area contributed by atoms with E-state index in [-0.39, 0.29) is 5.91 Å². The van der Waals surface area contributed by atoms with Gasteiger partial charge < -0.3 is 5.32 Å². The van der Waals surface area contributed by atoms with Crippen LogP contribution in [0.3, 0.4) is 0 Å². The molecule has 0 atom stereocenters. The third-order valence-electron chi connectivity index (χ3n) is 5.55. The number of carbonyl (C=O) groups excluding carboxylic acids is 1. The van der Waals surface area contributed by atoms with Crippen molar-refractivity contribution in [3.05, 3.63) is 60.2 Å². The van der Waals surface area contributed by atoms with E-state index in [0.717, 1.165) is 42.9 Å². The minimum Gasteiger partial charge on any atom is -0.326 e. The molecule has 4 rings (SSSR count). The number of hydrogen-bond acceptors (Lipinski definition) is 6. The first-order chi connectivity index (χ1) is 16.6. The first kappa shape index (κ1) is 24.2. The Morgan fingerprint density at radius 1 is 0.912 bits per heavy atom. The number of rotatable bonds is 11. The van der Waals surface area contributed by atoms with Crippen LogP contribution >= 0.6 is 22.7 Å². The molecule has 7 heteroatoms. The average molecular weight is 491 g/mol. The van der Waals surface area contributed by atoms with E-state index in [1.807, 2.05) is 42.5 Å². The number of anilines is 1. The molecule has 5 nitrogen and oxygen atoms in total. The molecule has 0 spiro atoms. The van der Waals surface area contributed by atoms with Gasteiger partial charge in [0.15, 0.2) is 0 Å². The predicted octanol–water partition coefficient (Wildman–Crippen LogP) is 9.30. The smallest absolute Gasteiger partial charge is 0.221 e. The number of benzene rings is 2. The van der Waals surface area contributed by atoms with Gasteiger partial charge in [-0.15, -0.1) is 21.6 Å². The molecule has 176 valence electrons. The van der Waals surface area contributed by atoms with Gasteiger partial charge in [0.1, 0.15) is 14.8 Å². The molecular weight excluding hydrogens is 460 g/mol. The zero-order valence-corrected chi connectivity index (χ0v) is 21.3. The second kappa shape index (κ2) is 12.0. The number of amides is 1. The number of aromatic nitrogens is 1.